The third-order valence-electron chi connectivity index (χ3n) is 2.81. The highest BCUT2D eigenvalue weighted by Gasteiger charge is 2.10. The van der Waals surface area contributed by atoms with Gasteiger partial charge in [0.25, 0.3) is 0 Å². The minimum Gasteiger partial charge on any atom is -0.356 e. The van der Waals surface area contributed by atoms with Crippen LogP contribution in [-0.4, -0.2) is 26.0 Å². The highest BCUT2D eigenvalue weighted by atomic mass is 35.5. The van der Waals surface area contributed by atoms with E-state index in [1.54, 1.807) is 0 Å². The Kier molecular flexibility index (Phi) is 6.76. The number of aryl methyl sites for hydroxylation is 1. The molecule has 0 aliphatic rings. The lowest BCUT2D eigenvalue weighted by Gasteiger charge is -2.11. The molecule has 0 spiro atoms. The van der Waals surface area contributed by atoms with Crippen molar-refractivity contribution < 1.29 is 4.79 Å². The molecule has 0 aliphatic heterocycles. The van der Waals surface area contributed by atoms with Gasteiger partial charge in [0.2, 0.25) is 5.91 Å². The quantitative estimate of drug-likeness (QED) is 0.745. The number of amides is 1. The smallest absolute Gasteiger partial charge is 0.224 e. The van der Waals surface area contributed by atoms with Crippen LogP contribution in [0, 0.1) is 5.92 Å². The molecule has 0 radical (unpaired) electrons. The maximum atomic E-state index is 11.6. The molecule has 1 rings (SSSR count). The van der Waals surface area contributed by atoms with Gasteiger partial charge in [-0.3, -0.25) is 4.79 Å². The van der Waals surface area contributed by atoms with E-state index < -0.39 is 0 Å². The highest BCUT2D eigenvalue weighted by molar-refractivity contribution is 6.30. The van der Waals surface area contributed by atoms with Crippen LogP contribution in [0.1, 0.15) is 18.9 Å². The summed E-state index contributed by atoms with van der Waals surface area (Å²) < 4.78 is 0. The van der Waals surface area contributed by atoms with Crippen LogP contribution in [-0.2, 0) is 11.2 Å². The van der Waals surface area contributed by atoms with E-state index in [-0.39, 0.29) is 11.8 Å². The Bertz CT molecular complexity index is 365. The average molecular weight is 269 g/mol. The largest absolute Gasteiger partial charge is 0.356 e. The first-order valence-electron chi connectivity index (χ1n) is 6.30. The van der Waals surface area contributed by atoms with Gasteiger partial charge in [0.15, 0.2) is 0 Å². The predicted molar refractivity (Wildman–Crippen MR) is 75.9 cm³/mol. The van der Waals surface area contributed by atoms with E-state index in [9.17, 15) is 4.79 Å². The van der Waals surface area contributed by atoms with E-state index in [0.717, 1.165) is 24.4 Å². The Morgan fingerprint density at radius 2 is 2.00 bits per heavy atom. The maximum Gasteiger partial charge on any atom is 0.224 e. The van der Waals surface area contributed by atoms with Crippen molar-refractivity contribution in [3.63, 3.8) is 0 Å². The zero-order valence-electron chi connectivity index (χ0n) is 11.0. The standard InChI is InChI=1S/C14H21ClN2O/c1-11(10-16-2)14(18)17-9-3-4-12-5-7-13(15)8-6-12/h5-8,11,16H,3-4,9-10H2,1-2H3,(H,17,18). The first kappa shape index (κ1) is 15.0. The maximum absolute atomic E-state index is 11.6. The summed E-state index contributed by atoms with van der Waals surface area (Å²) in [5.74, 6) is 0.131. The van der Waals surface area contributed by atoms with Crippen LogP contribution >= 0.6 is 11.6 Å². The number of carbonyl (C=O) groups excluding carboxylic acids is 1. The summed E-state index contributed by atoms with van der Waals surface area (Å²) in [6, 6.07) is 7.83. The number of hydrogen-bond acceptors (Lipinski definition) is 2. The molecule has 0 bridgehead atoms. The SMILES string of the molecule is CNCC(C)C(=O)NCCCc1ccc(Cl)cc1. The molecule has 2 N–H and O–H groups in total. The number of nitrogens with one attached hydrogen (secondary N) is 2. The van der Waals surface area contributed by atoms with Crippen LogP contribution in [0.2, 0.25) is 5.02 Å². The molecule has 3 nitrogen and oxygen atoms in total. The van der Waals surface area contributed by atoms with E-state index >= 15 is 0 Å². The van der Waals surface area contributed by atoms with Gasteiger partial charge in [0, 0.05) is 24.0 Å². The van der Waals surface area contributed by atoms with E-state index in [2.05, 4.69) is 10.6 Å². The van der Waals surface area contributed by atoms with Crippen LogP contribution in [0.25, 0.3) is 0 Å². The molecule has 0 heterocycles. The lowest BCUT2D eigenvalue weighted by molar-refractivity contribution is -0.124. The van der Waals surface area contributed by atoms with Gasteiger partial charge in [-0.15, -0.1) is 0 Å². The van der Waals surface area contributed by atoms with Crippen LogP contribution < -0.4 is 10.6 Å². The van der Waals surface area contributed by atoms with Crippen molar-refractivity contribution in [1.82, 2.24) is 10.6 Å². The molecule has 100 valence electrons. The second-order valence-electron chi connectivity index (χ2n) is 4.48. The van der Waals surface area contributed by atoms with Crippen molar-refractivity contribution in [3.05, 3.63) is 34.9 Å². The van der Waals surface area contributed by atoms with Crippen LogP contribution in [0.5, 0.6) is 0 Å². The Hall–Kier alpha value is -1.06. The highest BCUT2D eigenvalue weighted by Crippen LogP contribution is 2.10. The zero-order valence-corrected chi connectivity index (χ0v) is 11.8. The van der Waals surface area contributed by atoms with E-state index in [0.29, 0.717) is 6.54 Å². The topological polar surface area (TPSA) is 41.1 Å². The molecule has 1 amide bonds. The van der Waals surface area contributed by atoms with Crippen molar-refractivity contribution in [2.75, 3.05) is 20.1 Å². The van der Waals surface area contributed by atoms with E-state index in [1.807, 2.05) is 38.2 Å². The molecule has 1 unspecified atom stereocenters. The third-order valence-corrected chi connectivity index (χ3v) is 3.06. The normalized spacial score (nSPS) is 12.2. The van der Waals surface area contributed by atoms with Gasteiger partial charge in [0.1, 0.15) is 0 Å². The van der Waals surface area contributed by atoms with E-state index in [4.69, 9.17) is 11.6 Å². The molecule has 1 atom stereocenters. The minimum atomic E-state index is 0.0190. The summed E-state index contributed by atoms with van der Waals surface area (Å²) >= 11 is 5.82. The number of carbonyl (C=O) groups is 1. The molecule has 0 fully saturated rings. The summed E-state index contributed by atoms with van der Waals surface area (Å²) in [5.41, 5.74) is 1.25. The fourth-order valence-electron chi connectivity index (χ4n) is 1.73. The first-order chi connectivity index (χ1) is 8.63. The van der Waals surface area contributed by atoms with Crippen LogP contribution in [0.4, 0.5) is 0 Å². The zero-order chi connectivity index (χ0) is 13.4. The van der Waals surface area contributed by atoms with Gasteiger partial charge in [-0.1, -0.05) is 30.7 Å². The summed E-state index contributed by atoms with van der Waals surface area (Å²) in [6.07, 6.45) is 1.90. The van der Waals surface area contributed by atoms with Crippen molar-refractivity contribution in [2.45, 2.75) is 19.8 Å². The lowest BCUT2D eigenvalue weighted by Crippen LogP contribution is -2.34. The Morgan fingerprint density at radius 1 is 1.33 bits per heavy atom. The lowest BCUT2D eigenvalue weighted by atomic mass is 10.1. The molecule has 0 aromatic heterocycles. The predicted octanol–water partition coefficient (Wildman–Crippen LogP) is 2.24. The second kappa shape index (κ2) is 8.11. The molecule has 0 saturated heterocycles. The van der Waals surface area contributed by atoms with Gasteiger partial charge in [-0.05, 0) is 37.6 Å². The minimum absolute atomic E-state index is 0.0190. The van der Waals surface area contributed by atoms with Crippen LogP contribution in [0.15, 0.2) is 24.3 Å². The molecule has 1 aromatic carbocycles. The monoisotopic (exact) mass is 268 g/mol. The molecular weight excluding hydrogens is 248 g/mol. The second-order valence-corrected chi connectivity index (χ2v) is 4.92. The molecule has 1 aromatic rings. The Labute approximate surface area is 114 Å². The number of rotatable bonds is 7. The number of hydrogen-bond donors (Lipinski definition) is 2. The fraction of sp³-hybridized carbons (Fsp3) is 0.500. The van der Waals surface area contributed by atoms with E-state index in [1.165, 1.54) is 5.56 Å². The van der Waals surface area contributed by atoms with Gasteiger partial charge in [-0.2, -0.15) is 0 Å². The number of halogens is 1. The summed E-state index contributed by atoms with van der Waals surface area (Å²) in [4.78, 5) is 11.6. The summed E-state index contributed by atoms with van der Waals surface area (Å²) in [5, 5.41) is 6.70. The van der Waals surface area contributed by atoms with Crippen molar-refractivity contribution in [1.29, 1.82) is 0 Å². The molecule has 18 heavy (non-hydrogen) atoms. The average Bonchev–Trinajstić information content (AvgIpc) is 2.36. The van der Waals surface area contributed by atoms with Crippen LogP contribution in [0.3, 0.4) is 0 Å². The van der Waals surface area contributed by atoms with Gasteiger partial charge in [0.05, 0.1) is 0 Å². The van der Waals surface area contributed by atoms with Crippen molar-refractivity contribution in [2.24, 2.45) is 5.92 Å². The Morgan fingerprint density at radius 3 is 2.61 bits per heavy atom. The summed E-state index contributed by atoms with van der Waals surface area (Å²) in [6.45, 7) is 3.35. The first-order valence-corrected chi connectivity index (χ1v) is 6.68. The number of benzene rings is 1. The van der Waals surface area contributed by atoms with Crippen molar-refractivity contribution >= 4 is 17.5 Å². The molecule has 0 saturated carbocycles. The van der Waals surface area contributed by atoms with Gasteiger partial charge < -0.3 is 10.6 Å². The summed E-state index contributed by atoms with van der Waals surface area (Å²) in [7, 11) is 1.85. The molecule has 0 aliphatic carbocycles. The Balaban J connectivity index is 2.18. The molecule has 4 heteroatoms. The fourth-order valence-corrected chi connectivity index (χ4v) is 1.85. The van der Waals surface area contributed by atoms with Gasteiger partial charge >= 0.3 is 0 Å². The van der Waals surface area contributed by atoms with Gasteiger partial charge in [-0.25, -0.2) is 0 Å². The van der Waals surface area contributed by atoms with Crippen molar-refractivity contribution in [3.8, 4) is 0 Å². The third kappa shape index (κ3) is 5.52. The molecular formula is C14H21ClN2O.